The first-order chi connectivity index (χ1) is 24.2. The highest BCUT2D eigenvalue weighted by Crippen LogP contribution is 2.49. The van der Waals surface area contributed by atoms with Gasteiger partial charge in [0.1, 0.15) is 0 Å². The molecule has 1 aliphatic carbocycles. The van der Waals surface area contributed by atoms with Gasteiger partial charge >= 0.3 is 0 Å². The van der Waals surface area contributed by atoms with Gasteiger partial charge in [-0.2, -0.15) is 0 Å². The van der Waals surface area contributed by atoms with E-state index in [0.29, 0.717) is 0 Å². The lowest BCUT2D eigenvalue weighted by atomic mass is 9.96. The molecule has 0 radical (unpaired) electrons. The average Bonchev–Trinajstić information content (AvgIpc) is 3.68. The first-order valence-electron chi connectivity index (χ1n) is 16.8. The molecule has 0 unspecified atom stereocenters. The van der Waals surface area contributed by atoms with Crippen LogP contribution in [0.3, 0.4) is 0 Å². The van der Waals surface area contributed by atoms with E-state index in [1.807, 2.05) is 12.3 Å². The molecule has 0 bridgehead atoms. The van der Waals surface area contributed by atoms with Crippen LogP contribution in [0, 0.1) is 0 Å². The summed E-state index contributed by atoms with van der Waals surface area (Å²) in [7, 11) is 2.19. The van der Waals surface area contributed by atoms with Crippen molar-refractivity contribution < 1.29 is 0 Å². The first-order valence-corrected chi connectivity index (χ1v) is 16.8. The Bertz CT molecular complexity index is 2720. The molecule has 7 aromatic carbocycles. The summed E-state index contributed by atoms with van der Waals surface area (Å²) in [6.45, 7) is 0. The Kier molecular flexibility index (Phi) is 6.09. The highest BCUT2D eigenvalue weighted by Gasteiger charge is 2.24. The van der Waals surface area contributed by atoms with Gasteiger partial charge in [0, 0.05) is 57.8 Å². The van der Waals surface area contributed by atoms with Crippen molar-refractivity contribution in [3.63, 3.8) is 0 Å². The van der Waals surface area contributed by atoms with Gasteiger partial charge < -0.3 is 9.47 Å². The highest BCUT2D eigenvalue weighted by molar-refractivity contribution is 6.16. The van der Waals surface area contributed by atoms with Gasteiger partial charge in [-0.15, -0.1) is 0 Å². The van der Waals surface area contributed by atoms with Gasteiger partial charge in [-0.1, -0.05) is 109 Å². The zero-order chi connectivity index (χ0) is 32.5. The predicted octanol–water partition coefficient (Wildman–Crippen LogP) is 12.1. The standard InChI is InChI=1S/C46H31N3/c1-48(35-26-33-14-10-18-38-39-19-11-25-47-46(39)41(29-35)45(33)38)44-28-32(21-23-36(44)30-12-4-2-5-13-30)31-22-24-43-40(27-31)37-17-8-9-20-42(37)49(43)34-15-6-3-7-16-34/h2-29H,1H3. The molecule has 2 heterocycles. The molecular weight excluding hydrogens is 595 g/mol. The molecule has 0 fully saturated rings. The maximum atomic E-state index is 4.84. The van der Waals surface area contributed by atoms with E-state index in [0.717, 1.165) is 17.1 Å². The molecule has 1 aliphatic rings. The van der Waals surface area contributed by atoms with E-state index in [1.54, 1.807) is 0 Å². The third-order valence-electron chi connectivity index (χ3n) is 10.2. The Morgan fingerprint density at radius 2 is 1.22 bits per heavy atom. The molecule has 3 nitrogen and oxygen atoms in total. The Labute approximate surface area is 285 Å². The summed E-state index contributed by atoms with van der Waals surface area (Å²) in [5.74, 6) is 0. The molecule has 9 aromatic rings. The van der Waals surface area contributed by atoms with Crippen LogP contribution >= 0.6 is 0 Å². The predicted molar refractivity (Wildman–Crippen MR) is 206 cm³/mol. The number of nitrogens with zero attached hydrogens (tertiary/aromatic N) is 3. The molecule has 0 saturated carbocycles. The van der Waals surface area contributed by atoms with Gasteiger partial charge in [0.2, 0.25) is 0 Å². The second-order valence-electron chi connectivity index (χ2n) is 12.9. The van der Waals surface area contributed by atoms with E-state index < -0.39 is 0 Å². The topological polar surface area (TPSA) is 21.1 Å². The Morgan fingerprint density at radius 3 is 2.10 bits per heavy atom. The zero-order valence-electron chi connectivity index (χ0n) is 27.0. The number of pyridine rings is 1. The summed E-state index contributed by atoms with van der Waals surface area (Å²) >= 11 is 0. The van der Waals surface area contributed by atoms with E-state index >= 15 is 0 Å². The monoisotopic (exact) mass is 625 g/mol. The van der Waals surface area contributed by atoms with E-state index in [9.17, 15) is 0 Å². The number of aromatic nitrogens is 2. The molecule has 10 rings (SSSR count). The molecule has 0 saturated heterocycles. The van der Waals surface area contributed by atoms with E-state index in [4.69, 9.17) is 4.98 Å². The largest absolute Gasteiger partial charge is 0.344 e. The fraction of sp³-hybridized carbons (Fsp3) is 0.0217. The molecule has 0 amide bonds. The molecule has 230 valence electrons. The lowest BCUT2D eigenvalue weighted by Gasteiger charge is -2.25. The van der Waals surface area contributed by atoms with Crippen LogP contribution in [0.15, 0.2) is 170 Å². The number of hydrogen-bond acceptors (Lipinski definition) is 2. The Balaban J connectivity index is 1.15. The highest BCUT2D eigenvalue weighted by atomic mass is 15.1. The number of hydrogen-bond donors (Lipinski definition) is 0. The fourth-order valence-corrected chi connectivity index (χ4v) is 7.85. The molecule has 0 spiro atoms. The van der Waals surface area contributed by atoms with Gasteiger partial charge in [0.05, 0.1) is 16.7 Å². The van der Waals surface area contributed by atoms with Crippen LogP contribution in [0.4, 0.5) is 11.4 Å². The molecule has 49 heavy (non-hydrogen) atoms. The first kappa shape index (κ1) is 27.6. The van der Waals surface area contributed by atoms with Gasteiger partial charge in [-0.3, -0.25) is 4.98 Å². The van der Waals surface area contributed by atoms with E-state index in [2.05, 4.69) is 174 Å². The Hall–Kier alpha value is -6.45. The molecule has 0 aliphatic heterocycles. The second-order valence-corrected chi connectivity index (χ2v) is 12.9. The summed E-state index contributed by atoms with van der Waals surface area (Å²) < 4.78 is 2.37. The fourth-order valence-electron chi connectivity index (χ4n) is 7.85. The summed E-state index contributed by atoms with van der Waals surface area (Å²) in [5, 5.41) is 5.02. The van der Waals surface area contributed by atoms with E-state index in [-0.39, 0.29) is 0 Å². The van der Waals surface area contributed by atoms with Crippen molar-refractivity contribution in [2.24, 2.45) is 0 Å². The minimum Gasteiger partial charge on any atom is -0.344 e. The summed E-state index contributed by atoms with van der Waals surface area (Å²) in [5.41, 5.74) is 15.4. The lowest BCUT2D eigenvalue weighted by Crippen LogP contribution is -2.11. The second kappa shape index (κ2) is 10.8. The maximum absolute atomic E-state index is 4.84. The van der Waals surface area contributed by atoms with Crippen molar-refractivity contribution >= 4 is 44.0 Å². The smallest absolute Gasteiger partial charge is 0.0787 e. The maximum Gasteiger partial charge on any atom is 0.0787 e. The van der Waals surface area contributed by atoms with Crippen LogP contribution in [0.25, 0.3) is 82.9 Å². The van der Waals surface area contributed by atoms with Crippen LogP contribution in [-0.2, 0) is 0 Å². The SMILES string of the molecule is CN(c1cc2c3c(cccc3c1)-c1cccnc1-2)c1cc(-c2ccc3c(c2)c2ccccc2n3-c2ccccc2)ccc1-c1ccccc1. The zero-order valence-corrected chi connectivity index (χ0v) is 27.0. The molecular formula is C46H31N3. The number of para-hydroxylation sites is 2. The van der Waals surface area contributed by atoms with Crippen molar-refractivity contribution in [1.29, 1.82) is 0 Å². The van der Waals surface area contributed by atoms with Gasteiger partial charge in [0.25, 0.3) is 0 Å². The molecule has 3 heteroatoms. The normalized spacial score (nSPS) is 11.8. The number of benzene rings is 7. The van der Waals surface area contributed by atoms with E-state index in [1.165, 1.54) is 77.2 Å². The van der Waals surface area contributed by atoms with Crippen LogP contribution in [0.5, 0.6) is 0 Å². The molecule has 0 N–H and O–H groups in total. The number of rotatable bonds is 5. The minimum absolute atomic E-state index is 1.06. The number of anilines is 2. The third-order valence-corrected chi connectivity index (χ3v) is 10.2. The minimum atomic E-state index is 1.06. The van der Waals surface area contributed by atoms with Crippen molar-refractivity contribution in [3.8, 4) is 50.3 Å². The van der Waals surface area contributed by atoms with Crippen molar-refractivity contribution in [3.05, 3.63) is 170 Å². The van der Waals surface area contributed by atoms with Crippen molar-refractivity contribution in [2.75, 3.05) is 11.9 Å². The quantitative estimate of drug-likeness (QED) is 0.190. The van der Waals surface area contributed by atoms with Crippen LogP contribution in [0.1, 0.15) is 0 Å². The average molecular weight is 626 g/mol. The van der Waals surface area contributed by atoms with Crippen molar-refractivity contribution in [2.45, 2.75) is 0 Å². The summed E-state index contributed by atoms with van der Waals surface area (Å²) in [6, 6.07) is 59.3. The van der Waals surface area contributed by atoms with Gasteiger partial charge in [0.15, 0.2) is 0 Å². The molecule has 0 atom stereocenters. The van der Waals surface area contributed by atoms with Crippen LogP contribution in [0.2, 0.25) is 0 Å². The number of fused-ring (bicyclic) bond motifs is 6. The van der Waals surface area contributed by atoms with Gasteiger partial charge in [-0.25, -0.2) is 0 Å². The van der Waals surface area contributed by atoms with Crippen LogP contribution < -0.4 is 4.90 Å². The lowest BCUT2D eigenvalue weighted by molar-refractivity contribution is 1.18. The summed E-state index contributed by atoms with van der Waals surface area (Å²) in [6.07, 6.45) is 1.90. The Morgan fingerprint density at radius 1 is 0.490 bits per heavy atom. The van der Waals surface area contributed by atoms with Gasteiger partial charge in [-0.05, 0) is 87.6 Å². The van der Waals surface area contributed by atoms with Crippen LogP contribution in [-0.4, -0.2) is 16.6 Å². The third kappa shape index (κ3) is 4.26. The summed E-state index contributed by atoms with van der Waals surface area (Å²) in [4.78, 5) is 7.18. The molecule has 2 aromatic heterocycles. The van der Waals surface area contributed by atoms with Crippen molar-refractivity contribution in [1.82, 2.24) is 9.55 Å².